The summed E-state index contributed by atoms with van der Waals surface area (Å²) in [5.74, 6) is 0.389. The van der Waals surface area contributed by atoms with Crippen LogP contribution in [0, 0.1) is 23.2 Å². The molecule has 0 radical (unpaired) electrons. The Kier molecular flexibility index (Phi) is 8.95. The lowest BCUT2D eigenvalue weighted by atomic mass is 10.0. The van der Waals surface area contributed by atoms with Gasteiger partial charge in [-0.15, -0.1) is 0 Å². The molecule has 0 amide bonds. The molecule has 0 aliphatic carbocycles. The summed E-state index contributed by atoms with van der Waals surface area (Å²) in [6.07, 6.45) is 4.99. The number of hydrogen-bond acceptors (Lipinski definition) is 3. The van der Waals surface area contributed by atoms with Crippen molar-refractivity contribution in [3.8, 4) is 6.07 Å². The van der Waals surface area contributed by atoms with Gasteiger partial charge in [-0.2, -0.15) is 5.26 Å². The van der Waals surface area contributed by atoms with Crippen molar-refractivity contribution in [2.45, 2.75) is 66.4 Å². The van der Waals surface area contributed by atoms with Crippen LogP contribution in [-0.2, 0) is 9.53 Å². The number of rotatable bonds is 8. The first-order chi connectivity index (χ1) is 8.90. The van der Waals surface area contributed by atoms with Crippen LogP contribution in [0.1, 0.15) is 60.3 Å². The fourth-order valence-corrected chi connectivity index (χ4v) is 1.68. The van der Waals surface area contributed by atoms with Crippen molar-refractivity contribution in [3.63, 3.8) is 0 Å². The first-order valence-corrected chi connectivity index (χ1v) is 7.16. The topological polar surface area (TPSA) is 50.1 Å². The number of ether oxygens (including phenoxy) is 1. The third-order valence-corrected chi connectivity index (χ3v) is 3.14. The van der Waals surface area contributed by atoms with E-state index in [-0.39, 0.29) is 18.0 Å². The van der Waals surface area contributed by atoms with Crippen molar-refractivity contribution < 1.29 is 9.53 Å². The normalized spacial score (nSPS) is 14.9. The number of carbonyl (C=O) groups is 1. The Labute approximate surface area is 117 Å². The summed E-state index contributed by atoms with van der Waals surface area (Å²) in [6, 6.07) is 2.19. The Hall–Kier alpha value is -1.30. The van der Waals surface area contributed by atoms with Gasteiger partial charge in [0.15, 0.2) is 0 Å². The summed E-state index contributed by atoms with van der Waals surface area (Å²) in [7, 11) is 0. The van der Waals surface area contributed by atoms with Crippen LogP contribution in [-0.4, -0.2) is 12.1 Å². The second-order valence-electron chi connectivity index (χ2n) is 5.57. The Morgan fingerprint density at radius 1 is 1.21 bits per heavy atom. The highest BCUT2D eigenvalue weighted by Crippen LogP contribution is 2.16. The minimum absolute atomic E-state index is 0.0169. The number of nitriles is 1. The Morgan fingerprint density at radius 3 is 2.32 bits per heavy atom. The summed E-state index contributed by atoms with van der Waals surface area (Å²) >= 11 is 0. The SMILES string of the molecule is C/C=C(\CCC(C)C)C(=O)OC(C)CCC(C)C#N. The van der Waals surface area contributed by atoms with Crippen LogP contribution in [0.5, 0.6) is 0 Å². The molecule has 0 saturated heterocycles. The maximum absolute atomic E-state index is 12.0. The quantitative estimate of drug-likeness (QED) is 0.487. The molecule has 0 heterocycles. The van der Waals surface area contributed by atoms with Crippen molar-refractivity contribution in [2.75, 3.05) is 0 Å². The monoisotopic (exact) mass is 265 g/mol. The molecule has 3 nitrogen and oxygen atoms in total. The lowest BCUT2D eigenvalue weighted by molar-refractivity contribution is -0.144. The minimum Gasteiger partial charge on any atom is -0.459 e. The van der Waals surface area contributed by atoms with E-state index < -0.39 is 0 Å². The van der Waals surface area contributed by atoms with Crippen LogP contribution < -0.4 is 0 Å². The maximum Gasteiger partial charge on any atom is 0.333 e. The van der Waals surface area contributed by atoms with Gasteiger partial charge in [0.25, 0.3) is 0 Å². The van der Waals surface area contributed by atoms with Crippen LogP contribution in [0.2, 0.25) is 0 Å². The first-order valence-electron chi connectivity index (χ1n) is 7.16. The average Bonchev–Trinajstić information content (AvgIpc) is 2.36. The van der Waals surface area contributed by atoms with Crippen molar-refractivity contribution in [1.29, 1.82) is 5.26 Å². The zero-order valence-corrected chi connectivity index (χ0v) is 12.9. The van der Waals surface area contributed by atoms with E-state index in [0.717, 1.165) is 31.3 Å². The maximum atomic E-state index is 12.0. The van der Waals surface area contributed by atoms with Gasteiger partial charge in [0.2, 0.25) is 0 Å². The average molecular weight is 265 g/mol. The lowest BCUT2D eigenvalue weighted by Crippen LogP contribution is -2.17. The molecular weight excluding hydrogens is 238 g/mol. The molecule has 0 aromatic heterocycles. The van der Waals surface area contributed by atoms with Gasteiger partial charge in [-0.1, -0.05) is 19.9 Å². The molecule has 0 aromatic carbocycles. The number of nitrogens with zero attached hydrogens (tertiary/aromatic N) is 1. The standard InChI is InChI=1S/C16H27NO2/c1-6-15(10-7-12(2)3)16(18)19-14(5)9-8-13(4)11-17/h6,12-14H,7-10H2,1-5H3/b15-6+. The molecule has 108 valence electrons. The molecule has 0 bridgehead atoms. The van der Waals surface area contributed by atoms with Gasteiger partial charge in [0, 0.05) is 11.5 Å². The van der Waals surface area contributed by atoms with Gasteiger partial charge in [-0.25, -0.2) is 4.79 Å². The van der Waals surface area contributed by atoms with E-state index in [0.29, 0.717) is 5.92 Å². The Morgan fingerprint density at radius 2 is 1.84 bits per heavy atom. The van der Waals surface area contributed by atoms with E-state index >= 15 is 0 Å². The number of allylic oxidation sites excluding steroid dienone is 1. The van der Waals surface area contributed by atoms with Gasteiger partial charge in [0.05, 0.1) is 12.2 Å². The van der Waals surface area contributed by atoms with Crippen molar-refractivity contribution in [1.82, 2.24) is 0 Å². The molecule has 3 heteroatoms. The molecule has 0 rings (SSSR count). The third kappa shape index (κ3) is 8.42. The smallest absolute Gasteiger partial charge is 0.333 e. The zero-order valence-electron chi connectivity index (χ0n) is 12.9. The van der Waals surface area contributed by atoms with Gasteiger partial charge < -0.3 is 4.74 Å². The van der Waals surface area contributed by atoms with E-state index in [1.54, 1.807) is 0 Å². The molecule has 0 spiro atoms. The fourth-order valence-electron chi connectivity index (χ4n) is 1.68. The summed E-state index contributed by atoms with van der Waals surface area (Å²) in [6.45, 7) is 9.93. The van der Waals surface area contributed by atoms with Crippen LogP contribution in [0.4, 0.5) is 0 Å². The van der Waals surface area contributed by atoms with Crippen molar-refractivity contribution >= 4 is 5.97 Å². The van der Waals surface area contributed by atoms with E-state index in [1.807, 2.05) is 26.8 Å². The van der Waals surface area contributed by atoms with Crippen molar-refractivity contribution in [3.05, 3.63) is 11.6 Å². The molecule has 0 fully saturated rings. The predicted molar refractivity (Wildman–Crippen MR) is 77.4 cm³/mol. The van der Waals surface area contributed by atoms with Gasteiger partial charge in [0.1, 0.15) is 0 Å². The molecular formula is C16H27NO2. The largest absolute Gasteiger partial charge is 0.459 e. The summed E-state index contributed by atoms with van der Waals surface area (Å²) < 4.78 is 5.41. The highest BCUT2D eigenvalue weighted by atomic mass is 16.5. The molecule has 2 atom stereocenters. The van der Waals surface area contributed by atoms with Crippen LogP contribution in [0.25, 0.3) is 0 Å². The van der Waals surface area contributed by atoms with Crippen LogP contribution >= 0.6 is 0 Å². The van der Waals surface area contributed by atoms with Crippen LogP contribution in [0.15, 0.2) is 11.6 Å². The molecule has 0 aromatic rings. The molecule has 19 heavy (non-hydrogen) atoms. The molecule has 0 saturated carbocycles. The predicted octanol–water partition coefficient (Wildman–Crippen LogP) is 4.24. The van der Waals surface area contributed by atoms with Crippen LogP contribution in [0.3, 0.4) is 0 Å². The molecule has 2 unspecified atom stereocenters. The highest BCUT2D eigenvalue weighted by molar-refractivity contribution is 5.88. The summed E-state index contributed by atoms with van der Waals surface area (Å²) in [4.78, 5) is 12.0. The lowest BCUT2D eigenvalue weighted by Gasteiger charge is -2.15. The fraction of sp³-hybridized carbons (Fsp3) is 0.750. The molecule has 0 N–H and O–H groups in total. The minimum atomic E-state index is -0.208. The molecule has 0 aliphatic rings. The Balaban J connectivity index is 4.16. The third-order valence-electron chi connectivity index (χ3n) is 3.14. The first kappa shape index (κ1) is 17.7. The van der Waals surface area contributed by atoms with Gasteiger partial charge >= 0.3 is 5.97 Å². The Bertz CT molecular complexity index is 339. The number of carbonyl (C=O) groups excluding carboxylic acids is 1. The summed E-state index contributed by atoms with van der Waals surface area (Å²) in [5, 5.41) is 8.71. The van der Waals surface area contributed by atoms with Crippen molar-refractivity contribution in [2.24, 2.45) is 11.8 Å². The van der Waals surface area contributed by atoms with E-state index in [1.165, 1.54) is 0 Å². The number of hydrogen-bond donors (Lipinski definition) is 0. The number of esters is 1. The van der Waals surface area contributed by atoms with Gasteiger partial charge in [-0.05, 0) is 52.4 Å². The molecule has 0 aliphatic heterocycles. The van der Waals surface area contributed by atoms with E-state index in [9.17, 15) is 4.79 Å². The zero-order chi connectivity index (χ0) is 14.8. The highest BCUT2D eigenvalue weighted by Gasteiger charge is 2.15. The van der Waals surface area contributed by atoms with E-state index in [4.69, 9.17) is 10.00 Å². The summed E-state index contributed by atoms with van der Waals surface area (Å²) in [5.41, 5.74) is 0.758. The second kappa shape index (κ2) is 9.61. The van der Waals surface area contributed by atoms with E-state index in [2.05, 4.69) is 19.9 Å². The van der Waals surface area contributed by atoms with Gasteiger partial charge in [-0.3, -0.25) is 0 Å². The second-order valence-corrected chi connectivity index (χ2v) is 5.57.